The molecule has 92 valence electrons. The summed E-state index contributed by atoms with van der Waals surface area (Å²) in [6.07, 6.45) is 3.07. The van der Waals surface area contributed by atoms with Crippen LogP contribution in [0, 0.1) is 11.6 Å². The lowest BCUT2D eigenvalue weighted by molar-refractivity contribution is -0.118. The third-order valence-electron chi connectivity index (χ3n) is 2.10. The molecule has 0 radical (unpaired) electrons. The van der Waals surface area contributed by atoms with Crippen molar-refractivity contribution >= 4 is 12.0 Å². The molecule has 0 spiro atoms. The summed E-state index contributed by atoms with van der Waals surface area (Å²) in [6.45, 7) is 0.997. The van der Waals surface area contributed by atoms with Gasteiger partial charge in [-0.2, -0.15) is 0 Å². The van der Waals surface area contributed by atoms with Crippen molar-refractivity contribution in [2.75, 3.05) is 6.54 Å². The number of carbonyl (C=O) groups is 1. The lowest BCUT2D eigenvalue weighted by atomic mass is 10.1. The Morgan fingerprint density at radius 2 is 2.00 bits per heavy atom. The predicted octanol–water partition coefficient (Wildman–Crippen LogP) is 1.61. The van der Waals surface area contributed by atoms with Gasteiger partial charge in [-0.3, -0.25) is 4.79 Å². The molecule has 0 atom stereocenters. The van der Waals surface area contributed by atoms with Gasteiger partial charge in [-0.1, -0.05) is 12.2 Å². The molecule has 3 nitrogen and oxygen atoms in total. The van der Waals surface area contributed by atoms with Crippen LogP contribution in [-0.4, -0.2) is 17.6 Å². The van der Waals surface area contributed by atoms with Crippen LogP contribution in [0.5, 0.6) is 0 Å². The van der Waals surface area contributed by atoms with E-state index in [1.807, 2.05) is 0 Å². The summed E-state index contributed by atoms with van der Waals surface area (Å²) in [5.74, 6) is -1.75. The fourth-order valence-corrected chi connectivity index (χ4v) is 1.27. The van der Waals surface area contributed by atoms with Gasteiger partial charge < -0.3 is 10.4 Å². The Morgan fingerprint density at radius 1 is 1.41 bits per heavy atom. The fraction of sp³-hybridized carbons (Fsp3) is 0.250. The van der Waals surface area contributed by atoms with E-state index in [9.17, 15) is 13.6 Å². The van der Waals surface area contributed by atoms with Crippen LogP contribution in [0.15, 0.2) is 18.2 Å². The van der Waals surface area contributed by atoms with E-state index in [1.54, 1.807) is 6.08 Å². The van der Waals surface area contributed by atoms with Gasteiger partial charge in [0.15, 0.2) is 0 Å². The lowest BCUT2D eigenvalue weighted by Gasteiger charge is -2.03. The second-order valence-electron chi connectivity index (χ2n) is 3.46. The molecule has 1 aromatic rings. The second-order valence-corrected chi connectivity index (χ2v) is 3.46. The van der Waals surface area contributed by atoms with Crippen molar-refractivity contribution in [1.82, 2.24) is 5.32 Å². The summed E-state index contributed by atoms with van der Waals surface area (Å²) in [5, 5.41) is 11.2. The van der Waals surface area contributed by atoms with Gasteiger partial charge >= 0.3 is 0 Å². The molecule has 1 amide bonds. The predicted molar refractivity (Wildman–Crippen MR) is 60.0 cm³/mol. The number of aliphatic hydroxyl groups excluding tert-OH is 1. The Hall–Kier alpha value is -1.75. The highest BCUT2D eigenvalue weighted by Crippen LogP contribution is 2.16. The van der Waals surface area contributed by atoms with E-state index in [-0.39, 0.29) is 11.5 Å². The van der Waals surface area contributed by atoms with Crippen molar-refractivity contribution in [1.29, 1.82) is 0 Å². The smallest absolute Gasteiger partial charge is 0.217 e. The maximum atomic E-state index is 13.2. The molecular formula is C12H13F2NO2. The molecule has 2 N–H and O–H groups in total. The number of rotatable bonds is 4. The Balaban J connectivity index is 2.76. The van der Waals surface area contributed by atoms with Crippen LogP contribution < -0.4 is 5.32 Å². The van der Waals surface area contributed by atoms with Gasteiger partial charge in [0.05, 0.1) is 6.61 Å². The molecule has 0 unspecified atom stereocenters. The topological polar surface area (TPSA) is 49.3 Å². The number of carbonyl (C=O) groups excluding carboxylic acids is 1. The quantitative estimate of drug-likeness (QED) is 0.841. The average molecular weight is 241 g/mol. The average Bonchev–Trinajstić information content (AvgIpc) is 2.24. The molecule has 0 saturated carbocycles. The first-order chi connectivity index (χ1) is 8.04. The van der Waals surface area contributed by atoms with Crippen LogP contribution in [0.1, 0.15) is 18.1 Å². The Morgan fingerprint density at radius 3 is 2.47 bits per heavy atom. The zero-order chi connectivity index (χ0) is 12.8. The Labute approximate surface area is 97.8 Å². The van der Waals surface area contributed by atoms with Crippen LogP contribution in [0.4, 0.5) is 8.78 Å². The van der Waals surface area contributed by atoms with Gasteiger partial charge in [-0.15, -0.1) is 0 Å². The molecule has 0 aliphatic heterocycles. The Kier molecular flexibility index (Phi) is 4.78. The van der Waals surface area contributed by atoms with E-state index in [0.29, 0.717) is 12.1 Å². The van der Waals surface area contributed by atoms with E-state index in [1.165, 1.54) is 13.0 Å². The highest BCUT2D eigenvalue weighted by molar-refractivity contribution is 5.73. The summed E-state index contributed by atoms with van der Waals surface area (Å²) in [6, 6.07) is 2.25. The van der Waals surface area contributed by atoms with Gasteiger partial charge in [-0.25, -0.2) is 8.78 Å². The SMILES string of the molecule is CC(=O)NCC=Cc1cc(F)c(CO)c(F)c1. The maximum absolute atomic E-state index is 13.2. The van der Waals surface area contributed by atoms with Gasteiger partial charge in [0, 0.05) is 19.0 Å². The van der Waals surface area contributed by atoms with Crippen molar-refractivity contribution in [3.8, 4) is 0 Å². The third-order valence-corrected chi connectivity index (χ3v) is 2.10. The zero-order valence-electron chi connectivity index (χ0n) is 9.34. The first-order valence-electron chi connectivity index (χ1n) is 5.04. The molecule has 1 rings (SSSR count). The Bertz CT molecular complexity index is 421. The van der Waals surface area contributed by atoms with Crippen molar-refractivity contribution in [3.05, 3.63) is 41.0 Å². The van der Waals surface area contributed by atoms with E-state index < -0.39 is 18.2 Å². The number of hydrogen-bond acceptors (Lipinski definition) is 2. The summed E-state index contributed by atoms with van der Waals surface area (Å²) < 4.78 is 26.5. The standard InChI is InChI=1S/C12H13F2NO2/c1-8(17)15-4-2-3-9-5-11(13)10(7-16)12(14)6-9/h2-3,5-6,16H,4,7H2,1H3,(H,15,17). The van der Waals surface area contributed by atoms with Crippen LogP contribution in [0.25, 0.3) is 6.08 Å². The number of nitrogens with one attached hydrogen (secondary N) is 1. The number of aliphatic hydroxyl groups is 1. The normalized spacial score (nSPS) is 10.8. The zero-order valence-corrected chi connectivity index (χ0v) is 9.34. The lowest BCUT2D eigenvalue weighted by Crippen LogP contribution is -2.19. The van der Waals surface area contributed by atoms with Crippen LogP contribution >= 0.6 is 0 Å². The van der Waals surface area contributed by atoms with Crippen LogP contribution in [0.2, 0.25) is 0 Å². The summed E-state index contributed by atoms with van der Waals surface area (Å²) in [7, 11) is 0. The minimum atomic E-state index is -0.785. The monoisotopic (exact) mass is 241 g/mol. The molecule has 0 saturated heterocycles. The molecule has 0 aliphatic rings. The maximum Gasteiger partial charge on any atom is 0.217 e. The van der Waals surface area contributed by atoms with Crippen molar-refractivity contribution in [2.45, 2.75) is 13.5 Å². The van der Waals surface area contributed by atoms with Crippen LogP contribution in [0.3, 0.4) is 0 Å². The molecule has 0 aliphatic carbocycles. The summed E-state index contributed by atoms with van der Waals surface area (Å²) in [4.78, 5) is 10.6. The number of hydrogen-bond donors (Lipinski definition) is 2. The highest BCUT2D eigenvalue weighted by atomic mass is 19.1. The second kappa shape index (κ2) is 6.10. The number of amides is 1. The van der Waals surface area contributed by atoms with E-state index in [4.69, 9.17) is 5.11 Å². The summed E-state index contributed by atoms with van der Waals surface area (Å²) in [5.41, 5.74) is -0.00781. The van der Waals surface area contributed by atoms with Crippen molar-refractivity contribution < 1.29 is 18.7 Å². The van der Waals surface area contributed by atoms with E-state index >= 15 is 0 Å². The minimum absolute atomic E-state index is 0.178. The van der Waals surface area contributed by atoms with E-state index in [2.05, 4.69) is 5.32 Å². The molecule has 17 heavy (non-hydrogen) atoms. The van der Waals surface area contributed by atoms with Gasteiger partial charge in [0.25, 0.3) is 0 Å². The molecule has 0 aromatic heterocycles. The fourth-order valence-electron chi connectivity index (χ4n) is 1.27. The van der Waals surface area contributed by atoms with Crippen LogP contribution in [-0.2, 0) is 11.4 Å². The molecule has 0 bridgehead atoms. The largest absolute Gasteiger partial charge is 0.391 e. The molecule has 0 fully saturated rings. The van der Waals surface area contributed by atoms with Gasteiger partial charge in [0.2, 0.25) is 5.91 Å². The summed E-state index contributed by atoms with van der Waals surface area (Å²) >= 11 is 0. The van der Waals surface area contributed by atoms with Gasteiger partial charge in [0.1, 0.15) is 11.6 Å². The van der Waals surface area contributed by atoms with Gasteiger partial charge in [-0.05, 0) is 17.7 Å². The molecule has 5 heteroatoms. The highest BCUT2D eigenvalue weighted by Gasteiger charge is 2.08. The minimum Gasteiger partial charge on any atom is -0.391 e. The molecule has 0 heterocycles. The first kappa shape index (κ1) is 13.3. The number of halogens is 2. The molecular weight excluding hydrogens is 228 g/mol. The number of benzene rings is 1. The van der Waals surface area contributed by atoms with Crippen molar-refractivity contribution in [3.63, 3.8) is 0 Å². The van der Waals surface area contributed by atoms with E-state index in [0.717, 1.165) is 12.1 Å². The molecule has 1 aromatic carbocycles. The third kappa shape index (κ3) is 3.96. The first-order valence-corrected chi connectivity index (χ1v) is 5.04. The van der Waals surface area contributed by atoms with Crippen molar-refractivity contribution in [2.24, 2.45) is 0 Å².